The molecule has 1 aromatic heterocycles. The van der Waals surface area contributed by atoms with Crippen molar-refractivity contribution in [2.45, 2.75) is 6.92 Å². The molecule has 18 heavy (non-hydrogen) atoms. The molecule has 0 spiro atoms. The number of hydrogen-bond acceptors (Lipinski definition) is 4. The smallest absolute Gasteiger partial charge is 0.358 e. The number of benzene rings is 1. The summed E-state index contributed by atoms with van der Waals surface area (Å²) in [5.41, 5.74) is 1.74. The number of esters is 1. The number of rotatable bonds is 3. The number of carbonyl (C=O) groups excluding carboxylic acids is 1. The molecule has 0 atom stereocenters. The van der Waals surface area contributed by atoms with Gasteiger partial charge in [-0.25, -0.2) is 14.2 Å². The Morgan fingerprint density at radius 3 is 3.00 bits per heavy atom. The molecular formula is C12H9ClFNO2S. The van der Waals surface area contributed by atoms with Gasteiger partial charge in [-0.2, -0.15) is 0 Å². The standard InChI is InChI=1S/C12H9ClFNO2S/c1-2-17-12(16)10-11(18-6-15-10)9-7(13)4-3-5-8(9)14/h3-6H,2H2,1H3. The molecule has 1 heterocycles. The van der Waals surface area contributed by atoms with Crippen LogP contribution in [0.4, 0.5) is 4.39 Å². The van der Waals surface area contributed by atoms with Crippen molar-refractivity contribution in [3.63, 3.8) is 0 Å². The fourth-order valence-electron chi connectivity index (χ4n) is 1.48. The van der Waals surface area contributed by atoms with E-state index in [1.807, 2.05) is 0 Å². The highest BCUT2D eigenvalue weighted by molar-refractivity contribution is 7.13. The molecule has 2 aromatic rings. The minimum atomic E-state index is -0.576. The Labute approximate surface area is 112 Å². The van der Waals surface area contributed by atoms with Gasteiger partial charge in [0.15, 0.2) is 5.69 Å². The van der Waals surface area contributed by atoms with E-state index in [2.05, 4.69) is 4.98 Å². The largest absolute Gasteiger partial charge is 0.461 e. The molecule has 94 valence electrons. The Balaban J connectivity index is 2.52. The second-order valence-corrected chi connectivity index (χ2v) is 4.61. The van der Waals surface area contributed by atoms with E-state index >= 15 is 0 Å². The van der Waals surface area contributed by atoms with Gasteiger partial charge in [0.05, 0.1) is 22.0 Å². The van der Waals surface area contributed by atoms with Crippen molar-refractivity contribution in [2.24, 2.45) is 0 Å². The molecule has 0 unspecified atom stereocenters. The van der Waals surface area contributed by atoms with Gasteiger partial charge in [-0.05, 0) is 19.1 Å². The van der Waals surface area contributed by atoms with E-state index in [-0.39, 0.29) is 22.9 Å². The summed E-state index contributed by atoms with van der Waals surface area (Å²) < 4.78 is 18.7. The van der Waals surface area contributed by atoms with Gasteiger partial charge in [-0.15, -0.1) is 11.3 Å². The first-order chi connectivity index (χ1) is 8.65. The monoisotopic (exact) mass is 285 g/mol. The Kier molecular flexibility index (Phi) is 3.93. The van der Waals surface area contributed by atoms with Crippen molar-refractivity contribution < 1.29 is 13.9 Å². The van der Waals surface area contributed by atoms with Gasteiger partial charge in [0.1, 0.15) is 5.82 Å². The van der Waals surface area contributed by atoms with E-state index < -0.39 is 11.8 Å². The second kappa shape index (κ2) is 5.46. The molecule has 0 aliphatic heterocycles. The Morgan fingerprint density at radius 2 is 2.33 bits per heavy atom. The number of thiazole rings is 1. The zero-order chi connectivity index (χ0) is 13.1. The summed E-state index contributed by atoms with van der Waals surface area (Å²) in [4.78, 5) is 16.0. The fraction of sp³-hybridized carbons (Fsp3) is 0.167. The van der Waals surface area contributed by atoms with E-state index in [1.165, 1.54) is 17.6 Å². The lowest BCUT2D eigenvalue weighted by Crippen LogP contribution is -2.06. The Morgan fingerprint density at radius 1 is 1.56 bits per heavy atom. The normalized spacial score (nSPS) is 10.4. The Hall–Kier alpha value is -1.46. The van der Waals surface area contributed by atoms with Crippen LogP contribution in [0, 0.1) is 5.82 Å². The lowest BCUT2D eigenvalue weighted by molar-refractivity contribution is 0.0521. The third-order valence-corrected chi connectivity index (χ3v) is 3.39. The second-order valence-electron chi connectivity index (χ2n) is 3.35. The Bertz CT molecular complexity index is 565. The van der Waals surface area contributed by atoms with Crippen molar-refractivity contribution in [1.29, 1.82) is 0 Å². The van der Waals surface area contributed by atoms with Crippen molar-refractivity contribution in [3.8, 4) is 10.4 Å². The predicted octanol–water partition coefficient (Wildman–Crippen LogP) is 3.78. The molecule has 0 bridgehead atoms. The number of carbonyl (C=O) groups is 1. The molecule has 0 N–H and O–H groups in total. The highest BCUT2D eigenvalue weighted by Crippen LogP contribution is 2.35. The van der Waals surface area contributed by atoms with E-state index in [1.54, 1.807) is 13.0 Å². The minimum absolute atomic E-state index is 0.0915. The van der Waals surface area contributed by atoms with Gasteiger partial charge in [0.2, 0.25) is 0 Å². The molecular weight excluding hydrogens is 277 g/mol. The number of ether oxygens (including phenoxy) is 1. The summed E-state index contributed by atoms with van der Waals surface area (Å²) in [5, 5.41) is 0.241. The summed E-state index contributed by atoms with van der Waals surface area (Å²) in [5.74, 6) is -1.06. The molecule has 1 aromatic carbocycles. The zero-order valence-electron chi connectivity index (χ0n) is 9.44. The van der Waals surface area contributed by atoms with Crippen LogP contribution < -0.4 is 0 Å². The summed E-state index contributed by atoms with van der Waals surface area (Å²) in [6, 6.07) is 4.36. The molecule has 0 fully saturated rings. The molecule has 0 radical (unpaired) electrons. The van der Waals surface area contributed by atoms with Crippen LogP contribution in [-0.2, 0) is 4.74 Å². The van der Waals surface area contributed by atoms with Crippen molar-refractivity contribution in [3.05, 3.63) is 40.2 Å². The molecule has 0 aliphatic rings. The first kappa shape index (κ1) is 13.0. The number of halogens is 2. The minimum Gasteiger partial charge on any atom is -0.461 e. The number of nitrogens with zero attached hydrogens (tertiary/aromatic N) is 1. The van der Waals surface area contributed by atoms with Gasteiger partial charge < -0.3 is 4.74 Å². The van der Waals surface area contributed by atoms with Crippen molar-refractivity contribution in [1.82, 2.24) is 4.98 Å². The van der Waals surface area contributed by atoms with Crippen LogP contribution >= 0.6 is 22.9 Å². The van der Waals surface area contributed by atoms with Crippen LogP contribution in [0.15, 0.2) is 23.7 Å². The van der Waals surface area contributed by atoms with E-state index in [4.69, 9.17) is 16.3 Å². The number of hydrogen-bond donors (Lipinski definition) is 0. The highest BCUT2D eigenvalue weighted by Gasteiger charge is 2.21. The van der Waals surface area contributed by atoms with E-state index in [9.17, 15) is 9.18 Å². The first-order valence-electron chi connectivity index (χ1n) is 5.20. The maximum absolute atomic E-state index is 13.8. The van der Waals surface area contributed by atoms with Crippen LogP contribution in [-0.4, -0.2) is 17.6 Å². The lowest BCUT2D eigenvalue weighted by atomic mass is 10.1. The topological polar surface area (TPSA) is 39.2 Å². The van der Waals surface area contributed by atoms with Crippen LogP contribution in [0.1, 0.15) is 17.4 Å². The molecule has 6 heteroatoms. The summed E-state index contributed by atoms with van der Waals surface area (Å²) >= 11 is 7.11. The number of aromatic nitrogens is 1. The van der Waals surface area contributed by atoms with Gasteiger partial charge in [0, 0.05) is 5.56 Å². The third-order valence-electron chi connectivity index (χ3n) is 2.23. The van der Waals surface area contributed by atoms with Gasteiger partial charge in [-0.3, -0.25) is 0 Å². The third kappa shape index (κ3) is 2.37. The van der Waals surface area contributed by atoms with E-state index in [0.717, 1.165) is 11.3 Å². The molecule has 3 nitrogen and oxygen atoms in total. The van der Waals surface area contributed by atoms with Crippen LogP contribution in [0.5, 0.6) is 0 Å². The first-order valence-corrected chi connectivity index (χ1v) is 6.46. The van der Waals surface area contributed by atoms with Gasteiger partial charge >= 0.3 is 5.97 Å². The SMILES string of the molecule is CCOC(=O)c1ncsc1-c1c(F)cccc1Cl. The lowest BCUT2D eigenvalue weighted by Gasteiger charge is -2.05. The maximum Gasteiger partial charge on any atom is 0.358 e. The molecule has 0 saturated carbocycles. The zero-order valence-corrected chi connectivity index (χ0v) is 11.0. The molecule has 0 amide bonds. The van der Waals surface area contributed by atoms with Crippen molar-refractivity contribution in [2.75, 3.05) is 6.61 Å². The highest BCUT2D eigenvalue weighted by atomic mass is 35.5. The van der Waals surface area contributed by atoms with Crippen LogP contribution in [0.25, 0.3) is 10.4 Å². The van der Waals surface area contributed by atoms with Gasteiger partial charge in [0.25, 0.3) is 0 Å². The quantitative estimate of drug-likeness (QED) is 0.806. The summed E-state index contributed by atoms with van der Waals surface area (Å²) in [7, 11) is 0. The predicted molar refractivity (Wildman–Crippen MR) is 68.5 cm³/mol. The average molecular weight is 286 g/mol. The van der Waals surface area contributed by atoms with E-state index in [0.29, 0.717) is 4.88 Å². The summed E-state index contributed by atoms with van der Waals surface area (Å²) in [6.07, 6.45) is 0. The fourth-order valence-corrected chi connectivity index (χ4v) is 2.63. The van der Waals surface area contributed by atoms with Crippen molar-refractivity contribution >= 4 is 28.9 Å². The molecule has 2 rings (SSSR count). The van der Waals surface area contributed by atoms with Gasteiger partial charge in [-0.1, -0.05) is 17.7 Å². The maximum atomic E-state index is 13.8. The van der Waals surface area contributed by atoms with Crippen LogP contribution in [0.2, 0.25) is 5.02 Å². The van der Waals surface area contributed by atoms with Crippen LogP contribution in [0.3, 0.4) is 0 Å². The molecule has 0 saturated heterocycles. The average Bonchev–Trinajstić information content (AvgIpc) is 2.78. The molecule has 0 aliphatic carbocycles. The summed E-state index contributed by atoms with van der Waals surface area (Å²) in [6.45, 7) is 1.93.